The number of hydrogen-bond donors (Lipinski definition) is 0. The number of likely N-dealkylation sites (tertiary alicyclic amines) is 1. The van der Waals surface area contributed by atoms with E-state index in [2.05, 4.69) is 22.0 Å². The number of fused-ring (bicyclic) bond motifs is 1. The molecule has 28 heavy (non-hydrogen) atoms. The van der Waals surface area contributed by atoms with Crippen LogP contribution in [0.4, 0.5) is 14.9 Å². The van der Waals surface area contributed by atoms with E-state index in [0.29, 0.717) is 12.5 Å². The number of amides is 2. The molecule has 0 N–H and O–H groups in total. The molecule has 0 aliphatic carbocycles. The standard InChI is InChI=1S/C22H27FN4O/c1-14-8-19(9-15(2)24-14)26-11-17-12-27(22(28)25(3)4)21(20(17)13-26)16-6-5-7-18(23)10-16/h5-10,17,20-21H,11-13H2,1-4H3/t17-,20-,21-/m1/s1. The van der Waals surface area contributed by atoms with Gasteiger partial charge in [-0.1, -0.05) is 12.1 Å². The average molecular weight is 382 g/mol. The highest BCUT2D eigenvalue weighted by atomic mass is 19.1. The van der Waals surface area contributed by atoms with E-state index in [1.165, 1.54) is 11.8 Å². The van der Waals surface area contributed by atoms with Crippen molar-refractivity contribution in [2.75, 3.05) is 38.6 Å². The van der Waals surface area contributed by atoms with Crippen LogP contribution < -0.4 is 4.90 Å². The van der Waals surface area contributed by atoms with Crippen molar-refractivity contribution in [2.24, 2.45) is 11.8 Å². The lowest BCUT2D eigenvalue weighted by Crippen LogP contribution is -2.41. The predicted octanol–water partition coefficient (Wildman–Crippen LogP) is 3.63. The molecule has 2 fully saturated rings. The number of aryl methyl sites for hydroxylation is 2. The van der Waals surface area contributed by atoms with Gasteiger partial charge in [0.05, 0.1) is 6.04 Å². The molecule has 4 rings (SSSR count). The van der Waals surface area contributed by atoms with E-state index >= 15 is 0 Å². The Labute approximate surface area is 165 Å². The molecule has 2 aromatic rings. The maximum atomic E-state index is 14.0. The SMILES string of the molecule is Cc1cc(N2C[C@@H]3CN(C(=O)N(C)C)[C@H](c4cccc(F)c4)[C@@H]3C2)cc(C)n1. The van der Waals surface area contributed by atoms with Crippen LogP contribution in [-0.2, 0) is 0 Å². The van der Waals surface area contributed by atoms with Crippen LogP contribution in [0.25, 0.3) is 0 Å². The van der Waals surface area contributed by atoms with E-state index in [1.807, 2.05) is 24.8 Å². The van der Waals surface area contributed by atoms with Crippen molar-refractivity contribution in [2.45, 2.75) is 19.9 Å². The fourth-order valence-electron chi connectivity index (χ4n) is 4.82. The molecule has 0 bridgehead atoms. The van der Waals surface area contributed by atoms with Crippen LogP contribution in [0.3, 0.4) is 0 Å². The zero-order chi connectivity index (χ0) is 20.0. The van der Waals surface area contributed by atoms with Crippen molar-refractivity contribution in [1.82, 2.24) is 14.8 Å². The van der Waals surface area contributed by atoms with E-state index in [-0.39, 0.29) is 23.8 Å². The summed E-state index contributed by atoms with van der Waals surface area (Å²) in [6, 6.07) is 10.8. The number of rotatable bonds is 2. The number of anilines is 1. The van der Waals surface area contributed by atoms with E-state index in [9.17, 15) is 9.18 Å². The highest BCUT2D eigenvalue weighted by Crippen LogP contribution is 2.46. The van der Waals surface area contributed by atoms with Gasteiger partial charge in [0.15, 0.2) is 0 Å². The molecule has 0 unspecified atom stereocenters. The van der Waals surface area contributed by atoms with Crippen molar-refractivity contribution in [1.29, 1.82) is 0 Å². The average Bonchev–Trinajstić information content (AvgIpc) is 3.17. The van der Waals surface area contributed by atoms with Crippen LogP contribution in [0.15, 0.2) is 36.4 Å². The number of aromatic nitrogens is 1. The molecule has 0 saturated carbocycles. The summed E-state index contributed by atoms with van der Waals surface area (Å²) in [6.45, 7) is 6.48. The first-order chi connectivity index (χ1) is 13.3. The summed E-state index contributed by atoms with van der Waals surface area (Å²) in [5.41, 5.74) is 4.09. The highest BCUT2D eigenvalue weighted by Gasteiger charge is 2.49. The number of halogens is 1. The molecule has 0 spiro atoms. The maximum Gasteiger partial charge on any atom is 0.320 e. The lowest BCUT2D eigenvalue weighted by molar-refractivity contribution is 0.159. The van der Waals surface area contributed by atoms with Crippen molar-refractivity contribution < 1.29 is 9.18 Å². The van der Waals surface area contributed by atoms with Crippen molar-refractivity contribution >= 4 is 11.7 Å². The topological polar surface area (TPSA) is 39.7 Å². The Kier molecular flexibility index (Phi) is 4.73. The van der Waals surface area contributed by atoms with E-state index in [1.54, 1.807) is 31.1 Å². The molecule has 148 valence electrons. The van der Waals surface area contributed by atoms with Gasteiger partial charge in [-0.25, -0.2) is 9.18 Å². The number of carbonyl (C=O) groups excluding carboxylic acids is 1. The molecule has 1 aromatic carbocycles. The van der Waals surface area contributed by atoms with Gasteiger partial charge in [-0.3, -0.25) is 4.98 Å². The second kappa shape index (κ2) is 7.08. The van der Waals surface area contributed by atoms with Crippen LogP contribution in [-0.4, -0.2) is 54.5 Å². The Bertz CT molecular complexity index is 880. The van der Waals surface area contributed by atoms with Crippen LogP contribution in [0, 0.1) is 31.5 Å². The second-order valence-corrected chi connectivity index (χ2v) is 8.27. The van der Waals surface area contributed by atoms with Gasteiger partial charge >= 0.3 is 6.03 Å². The first-order valence-electron chi connectivity index (χ1n) is 9.77. The summed E-state index contributed by atoms with van der Waals surface area (Å²) in [6.07, 6.45) is 0. The van der Waals surface area contributed by atoms with Gasteiger partial charge in [0.25, 0.3) is 0 Å². The Morgan fingerprint density at radius 1 is 1.11 bits per heavy atom. The lowest BCUT2D eigenvalue weighted by atomic mass is 9.89. The number of urea groups is 1. The zero-order valence-electron chi connectivity index (χ0n) is 16.9. The first kappa shape index (κ1) is 18.7. The smallest absolute Gasteiger partial charge is 0.320 e. The fourth-order valence-corrected chi connectivity index (χ4v) is 4.82. The number of nitrogens with zero attached hydrogens (tertiary/aromatic N) is 4. The van der Waals surface area contributed by atoms with Gasteiger partial charge < -0.3 is 14.7 Å². The summed E-state index contributed by atoms with van der Waals surface area (Å²) in [5, 5.41) is 0. The number of hydrogen-bond acceptors (Lipinski definition) is 3. The van der Waals surface area contributed by atoms with Crippen LogP contribution in [0.1, 0.15) is 23.0 Å². The summed E-state index contributed by atoms with van der Waals surface area (Å²) in [5.74, 6) is 0.388. The van der Waals surface area contributed by atoms with Gasteiger partial charge in [0.1, 0.15) is 5.82 Å². The molecule has 2 aliphatic heterocycles. The Balaban J connectivity index is 1.66. The Morgan fingerprint density at radius 3 is 2.46 bits per heavy atom. The minimum atomic E-state index is -0.256. The zero-order valence-corrected chi connectivity index (χ0v) is 16.9. The van der Waals surface area contributed by atoms with Gasteiger partial charge in [0.2, 0.25) is 0 Å². The van der Waals surface area contributed by atoms with E-state index in [0.717, 1.165) is 30.0 Å². The van der Waals surface area contributed by atoms with Crippen LogP contribution in [0.5, 0.6) is 0 Å². The minimum Gasteiger partial charge on any atom is -0.371 e. The van der Waals surface area contributed by atoms with Crippen LogP contribution >= 0.6 is 0 Å². The largest absolute Gasteiger partial charge is 0.371 e. The normalized spacial score (nSPS) is 23.8. The maximum absolute atomic E-state index is 14.0. The predicted molar refractivity (Wildman–Crippen MR) is 108 cm³/mol. The molecule has 5 nitrogen and oxygen atoms in total. The molecule has 3 heterocycles. The van der Waals surface area contributed by atoms with Gasteiger partial charge in [0, 0.05) is 62.6 Å². The molecule has 2 saturated heterocycles. The van der Waals surface area contributed by atoms with Crippen molar-refractivity contribution in [3.05, 3.63) is 59.2 Å². The molecule has 2 amide bonds. The summed E-state index contributed by atoms with van der Waals surface area (Å²) in [7, 11) is 3.54. The molecule has 2 aliphatic rings. The molecular weight excluding hydrogens is 355 g/mol. The number of pyridine rings is 1. The molecular formula is C22H27FN4O. The monoisotopic (exact) mass is 382 g/mol. The quantitative estimate of drug-likeness (QED) is 0.796. The summed E-state index contributed by atoms with van der Waals surface area (Å²) in [4.78, 5) is 23.2. The van der Waals surface area contributed by atoms with Crippen LogP contribution in [0.2, 0.25) is 0 Å². The van der Waals surface area contributed by atoms with E-state index < -0.39 is 0 Å². The minimum absolute atomic E-state index is 0.00851. The van der Waals surface area contributed by atoms with Crippen molar-refractivity contribution in [3.63, 3.8) is 0 Å². The van der Waals surface area contributed by atoms with Gasteiger partial charge in [-0.15, -0.1) is 0 Å². The lowest BCUT2D eigenvalue weighted by Gasteiger charge is -2.32. The third-order valence-electron chi connectivity index (χ3n) is 5.91. The third kappa shape index (κ3) is 3.32. The molecule has 0 radical (unpaired) electrons. The van der Waals surface area contributed by atoms with Gasteiger partial charge in [-0.05, 0) is 43.7 Å². The van der Waals surface area contributed by atoms with Crippen molar-refractivity contribution in [3.8, 4) is 0 Å². The van der Waals surface area contributed by atoms with Gasteiger partial charge in [-0.2, -0.15) is 0 Å². The molecule has 1 aromatic heterocycles. The summed E-state index contributed by atoms with van der Waals surface area (Å²) < 4.78 is 14.0. The fraction of sp³-hybridized carbons (Fsp3) is 0.455. The Hall–Kier alpha value is -2.63. The van der Waals surface area contributed by atoms with E-state index in [4.69, 9.17) is 0 Å². The number of carbonyl (C=O) groups is 1. The highest BCUT2D eigenvalue weighted by molar-refractivity contribution is 5.75. The third-order valence-corrected chi connectivity index (χ3v) is 5.91. The number of benzene rings is 1. The first-order valence-corrected chi connectivity index (χ1v) is 9.77. The molecule has 3 atom stereocenters. The molecule has 6 heteroatoms. The summed E-state index contributed by atoms with van der Waals surface area (Å²) >= 11 is 0. The second-order valence-electron chi connectivity index (χ2n) is 8.27. The Morgan fingerprint density at radius 2 is 1.82 bits per heavy atom.